The summed E-state index contributed by atoms with van der Waals surface area (Å²) in [5, 5.41) is 0. The van der Waals surface area contributed by atoms with Gasteiger partial charge >= 0.3 is 5.97 Å². The molecule has 0 unspecified atom stereocenters. The van der Waals surface area contributed by atoms with Crippen molar-refractivity contribution in [1.29, 1.82) is 0 Å². The number of hydrogen-bond acceptors (Lipinski definition) is 4. The molecule has 0 N–H and O–H groups in total. The average molecular weight is 255 g/mol. The van der Waals surface area contributed by atoms with Gasteiger partial charge in [0.2, 0.25) is 0 Å². The minimum atomic E-state index is -0.278. The lowest BCUT2D eigenvalue weighted by molar-refractivity contribution is -0.141. The fraction of sp³-hybridized carbons (Fsp3) is 0.462. The van der Waals surface area contributed by atoms with Gasteiger partial charge in [0.1, 0.15) is 11.6 Å². The number of carbonyl (C=O) groups excluding carboxylic acids is 1. The molecule has 0 atom stereocenters. The first-order valence-electron chi connectivity index (χ1n) is 5.75. The molecular formula is C13H18FNO3. The zero-order valence-corrected chi connectivity index (χ0v) is 10.7. The number of halogens is 1. The molecule has 0 amide bonds. The molecule has 0 fully saturated rings. The van der Waals surface area contributed by atoms with E-state index in [-0.39, 0.29) is 18.3 Å². The van der Waals surface area contributed by atoms with Crippen LogP contribution in [0.5, 0.6) is 5.75 Å². The standard InChI is InChI=1S/C13H18FNO3/c1-15(10-13(16)17-2)8-3-9-18-12-6-4-11(14)5-7-12/h4-7H,3,8-10H2,1-2H3. The predicted molar refractivity (Wildman–Crippen MR) is 66.0 cm³/mol. The highest BCUT2D eigenvalue weighted by molar-refractivity contribution is 5.71. The summed E-state index contributed by atoms with van der Waals surface area (Å²) < 4.78 is 22.6. The number of rotatable bonds is 7. The molecule has 4 nitrogen and oxygen atoms in total. The van der Waals surface area contributed by atoms with Gasteiger partial charge in [-0.15, -0.1) is 0 Å². The van der Waals surface area contributed by atoms with E-state index in [1.807, 2.05) is 11.9 Å². The summed E-state index contributed by atoms with van der Waals surface area (Å²) >= 11 is 0. The summed E-state index contributed by atoms with van der Waals surface area (Å²) in [7, 11) is 3.21. The number of methoxy groups -OCH3 is 1. The van der Waals surface area contributed by atoms with Gasteiger partial charge in [0, 0.05) is 6.54 Å². The molecule has 100 valence electrons. The van der Waals surface area contributed by atoms with E-state index in [1.54, 1.807) is 12.1 Å². The maximum absolute atomic E-state index is 12.6. The van der Waals surface area contributed by atoms with Crippen LogP contribution in [0.4, 0.5) is 4.39 Å². The van der Waals surface area contributed by atoms with Crippen molar-refractivity contribution in [3.63, 3.8) is 0 Å². The number of hydrogen-bond donors (Lipinski definition) is 0. The highest BCUT2D eigenvalue weighted by Gasteiger charge is 2.05. The third kappa shape index (κ3) is 5.63. The summed E-state index contributed by atoms with van der Waals surface area (Å²) in [4.78, 5) is 12.8. The SMILES string of the molecule is COC(=O)CN(C)CCCOc1ccc(F)cc1. The number of esters is 1. The summed E-state index contributed by atoms with van der Waals surface area (Å²) in [6, 6.07) is 5.90. The van der Waals surface area contributed by atoms with Crippen molar-refractivity contribution in [2.45, 2.75) is 6.42 Å². The van der Waals surface area contributed by atoms with Crippen LogP contribution in [0.2, 0.25) is 0 Å². The lowest BCUT2D eigenvalue weighted by atomic mass is 10.3. The Morgan fingerprint density at radius 3 is 2.61 bits per heavy atom. The zero-order valence-electron chi connectivity index (χ0n) is 10.7. The minimum absolute atomic E-state index is 0.253. The van der Waals surface area contributed by atoms with Gasteiger partial charge in [-0.25, -0.2) is 4.39 Å². The molecular weight excluding hydrogens is 237 g/mol. The Balaban J connectivity index is 2.14. The van der Waals surface area contributed by atoms with E-state index >= 15 is 0 Å². The van der Waals surface area contributed by atoms with Crippen molar-refractivity contribution in [2.24, 2.45) is 0 Å². The van der Waals surface area contributed by atoms with Crippen molar-refractivity contribution >= 4 is 5.97 Å². The molecule has 1 aromatic rings. The summed E-state index contributed by atoms with van der Waals surface area (Å²) in [5.41, 5.74) is 0. The monoisotopic (exact) mass is 255 g/mol. The first-order valence-corrected chi connectivity index (χ1v) is 5.75. The quantitative estimate of drug-likeness (QED) is 0.549. The van der Waals surface area contributed by atoms with E-state index in [2.05, 4.69) is 4.74 Å². The number of nitrogens with zero attached hydrogens (tertiary/aromatic N) is 1. The Hall–Kier alpha value is -1.62. The van der Waals surface area contributed by atoms with Crippen LogP contribution >= 0.6 is 0 Å². The Morgan fingerprint density at radius 1 is 1.33 bits per heavy atom. The smallest absolute Gasteiger partial charge is 0.319 e. The molecule has 0 radical (unpaired) electrons. The summed E-state index contributed by atoms with van der Waals surface area (Å²) in [6.45, 7) is 1.53. The van der Waals surface area contributed by atoms with Gasteiger partial charge in [-0.1, -0.05) is 0 Å². The Morgan fingerprint density at radius 2 is 2.00 bits per heavy atom. The van der Waals surface area contributed by atoms with Crippen molar-refractivity contribution in [3.8, 4) is 5.75 Å². The molecule has 0 aliphatic carbocycles. The fourth-order valence-corrected chi connectivity index (χ4v) is 1.42. The van der Waals surface area contributed by atoms with Crippen LogP contribution in [0.15, 0.2) is 24.3 Å². The van der Waals surface area contributed by atoms with E-state index < -0.39 is 0 Å². The Bertz CT molecular complexity index is 367. The van der Waals surface area contributed by atoms with Gasteiger partial charge in [0.15, 0.2) is 0 Å². The summed E-state index contributed by atoms with van der Waals surface area (Å²) in [6.07, 6.45) is 0.783. The third-order valence-electron chi connectivity index (χ3n) is 2.39. The first kappa shape index (κ1) is 14.4. The predicted octanol–water partition coefficient (Wildman–Crippen LogP) is 1.70. The number of carbonyl (C=O) groups is 1. The van der Waals surface area contributed by atoms with Crippen molar-refractivity contribution < 1.29 is 18.7 Å². The molecule has 0 spiro atoms. The highest BCUT2D eigenvalue weighted by Crippen LogP contribution is 2.11. The minimum Gasteiger partial charge on any atom is -0.494 e. The summed E-state index contributed by atoms with van der Waals surface area (Å²) in [5.74, 6) is 0.115. The number of benzene rings is 1. The lowest BCUT2D eigenvalue weighted by Gasteiger charge is -2.14. The molecule has 0 heterocycles. The van der Waals surface area contributed by atoms with Crippen LogP contribution < -0.4 is 4.74 Å². The molecule has 5 heteroatoms. The molecule has 0 aliphatic rings. The van der Waals surface area contributed by atoms with E-state index in [0.717, 1.165) is 13.0 Å². The molecule has 0 aliphatic heterocycles. The van der Waals surface area contributed by atoms with E-state index in [1.165, 1.54) is 19.2 Å². The Kier molecular flexibility index (Phi) is 6.14. The third-order valence-corrected chi connectivity index (χ3v) is 2.39. The maximum atomic E-state index is 12.6. The van der Waals surface area contributed by atoms with E-state index in [9.17, 15) is 9.18 Å². The van der Waals surface area contributed by atoms with Crippen molar-refractivity contribution in [3.05, 3.63) is 30.1 Å². The Labute approximate surface area is 106 Å². The fourth-order valence-electron chi connectivity index (χ4n) is 1.42. The first-order chi connectivity index (χ1) is 8.61. The van der Waals surface area contributed by atoms with Gasteiger partial charge in [-0.3, -0.25) is 9.69 Å². The molecule has 1 aromatic carbocycles. The molecule has 18 heavy (non-hydrogen) atoms. The molecule has 0 saturated heterocycles. The van der Waals surface area contributed by atoms with Crippen LogP contribution in [0.1, 0.15) is 6.42 Å². The van der Waals surface area contributed by atoms with Gasteiger partial charge in [-0.05, 0) is 37.7 Å². The zero-order chi connectivity index (χ0) is 13.4. The van der Waals surface area contributed by atoms with Gasteiger partial charge in [-0.2, -0.15) is 0 Å². The van der Waals surface area contributed by atoms with Crippen LogP contribution in [0.3, 0.4) is 0 Å². The van der Waals surface area contributed by atoms with Crippen molar-refractivity contribution in [2.75, 3.05) is 33.9 Å². The van der Waals surface area contributed by atoms with E-state index in [0.29, 0.717) is 12.4 Å². The average Bonchev–Trinajstić information content (AvgIpc) is 2.36. The molecule has 0 saturated carbocycles. The molecule has 0 aromatic heterocycles. The van der Waals surface area contributed by atoms with Crippen LogP contribution in [0.25, 0.3) is 0 Å². The number of ether oxygens (including phenoxy) is 2. The molecule has 0 bridgehead atoms. The van der Waals surface area contributed by atoms with Gasteiger partial charge in [0.25, 0.3) is 0 Å². The van der Waals surface area contributed by atoms with Gasteiger partial charge < -0.3 is 9.47 Å². The normalized spacial score (nSPS) is 10.4. The van der Waals surface area contributed by atoms with Crippen LogP contribution in [0, 0.1) is 5.82 Å². The van der Waals surface area contributed by atoms with Crippen LogP contribution in [-0.2, 0) is 9.53 Å². The second kappa shape index (κ2) is 7.66. The second-order valence-corrected chi connectivity index (χ2v) is 3.97. The second-order valence-electron chi connectivity index (χ2n) is 3.97. The van der Waals surface area contributed by atoms with Gasteiger partial charge in [0.05, 0.1) is 20.3 Å². The van der Waals surface area contributed by atoms with Crippen LogP contribution in [-0.4, -0.2) is 44.7 Å². The van der Waals surface area contributed by atoms with E-state index in [4.69, 9.17) is 4.74 Å². The maximum Gasteiger partial charge on any atom is 0.319 e. The highest BCUT2D eigenvalue weighted by atomic mass is 19.1. The van der Waals surface area contributed by atoms with Crippen molar-refractivity contribution in [1.82, 2.24) is 4.90 Å². The largest absolute Gasteiger partial charge is 0.494 e. The topological polar surface area (TPSA) is 38.8 Å². The number of likely N-dealkylation sites (N-methyl/N-ethyl adjacent to an activating group) is 1. The lowest BCUT2D eigenvalue weighted by Crippen LogP contribution is -2.28. The molecule has 1 rings (SSSR count).